The highest BCUT2D eigenvalue weighted by molar-refractivity contribution is 6.22. The molecule has 1 saturated heterocycles. The first-order chi connectivity index (χ1) is 9.27. The van der Waals surface area contributed by atoms with Crippen molar-refractivity contribution in [1.82, 2.24) is 0 Å². The average Bonchev–Trinajstić information content (AvgIpc) is 2.75. The zero-order valence-electron chi connectivity index (χ0n) is 10.5. The van der Waals surface area contributed by atoms with Gasteiger partial charge in [-0.2, -0.15) is 0 Å². The molecule has 3 aliphatic carbocycles. The van der Waals surface area contributed by atoms with Gasteiger partial charge in [-0.05, 0) is 36.8 Å². The van der Waals surface area contributed by atoms with Crippen LogP contribution in [0.5, 0.6) is 0 Å². The van der Waals surface area contributed by atoms with E-state index in [1.807, 2.05) is 30.3 Å². The molecule has 3 heteroatoms. The number of imide groups is 1. The molecule has 1 aliphatic heterocycles. The Morgan fingerprint density at radius 1 is 0.842 bits per heavy atom. The van der Waals surface area contributed by atoms with Gasteiger partial charge in [-0.1, -0.05) is 30.4 Å². The van der Waals surface area contributed by atoms with E-state index in [0.29, 0.717) is 5.69 Å². The van der Waals surface area contributed by atoms with Crippen molar-refractivity contribution in [3.8, 4) is 0 Å². The molecule has 19 heavy (non-hydrogen) atoms. The first kappa shape index (κ1) is 11.0. The minimum absolute atomic E-state index is 0.000231. The molecule has 96 valence electrons. The second-order valence-corrected chi connectivity index (χ2v) is 5.69. The molecular weight excluding hydrogens is 238 g/mol. The van der Waals surface area contributed by atoms with Gasteiger partial charge in [0.1, 0.15) is 0 Å². The van der Waals surface area contributed by atoms with Crippen molar-refractivity contribution >= 4 is 17.5 Å². The number of anilines is 1. The number of fused-ring (bicyclic) bond motifs is 1. The van der Waals surface area contributed by atoms with Crippen LogP contribution in [-0.4, -0.2) is 11.8 Å². The molecule has 0 N–H and O–H groups in total. The van der Waals surface area contributed by atoms with E-state index in [2.05, 4.69) is 12.2 Å². The lowest BCUT2D eigenvalue weighted by atomic mass is 9.63. The van der Waals surface area contributed by atoms with Gasteiger partial charge in [0.2, 0.25) is 11.8 Å². The van der Waals surface area contributed by atoms with Crippen LogP contribution in [0.25, 0.3) is 0 Å². The summed E-state index contributed by atoms with van der Waals surface area (Å²) >= 11 is 0. The van der Waals surface area contributed by atoms with Gasteiger partial charge in [0.25, 0.3) is 0 Å². The summed E-state index contributed by atoms with van der Waals surface area (Å²) in [6.45, 7) is 0. The topological polar surface area (TPSA) is 37.4 Å². The molecule has 1 saturated carbocycles. The van der Waals surface area contributed by atoms with Crippen LogP contribution in [-0.2, 0) is 9.59 Å². The standard InChI is InChI=1S/C16H15NO2/c18-15-13-10-6-7-11(9-8-10)14(13)16(19)17(15)12-4-2-1-3-5-12/h1-7,10-11,13-14H,8-9H2/t10-,11+,13-,14+. The molecule has 5 rings (SSSR count). The summed E-state index contributed by atoms with van der Waals surface area (Å²) in [4.78, 5) is 26.6. The molecule has 0 spiro atoms. The SMILES string of the molecule is O=C1[C@@H]2[C@H](C(=O)N1c1ccccc1)[C@@H]1C=C[C@H]2CC1. The molecule has 2 amide bonds. The number of carbonyl (C=O) groups is 2. The highest BCUT2D eigenvalue weighted by Gasteiger charge is 2.56. The third-order valence-corrected chi connectivity index (χ3v) is 4.77. The van der Waals surface area contributed by atoms with Gasteiger partial charge in [-0.3, -0.25) is 14.5 Å². The number of rotatable bonds is 1. The second kappa shape index (κ2) is 3.80. The average molecular weight is 253 g/mol. The Morgan fingerprint density at radius 2 is 1.37 bits per heavy atom. The molecule has 0 unspecified atom stereocenters. The molecule has 0 aromatic heterocycles. The zero-order valence-corrected chi connectivity index (χ0v) is 10.5. The molecule has 4 aliphatic rings. The number of nitrogens with zero attached hydrogens (tertiary/aromatic N) is 1. The van der Waals surface area contributed by atoms with Gasteiger partial charge in [-0.25, -0.2) is 0 Å². The lowest BCUT2D eigenvalue weighted by Crippen LogP contribution is -2.38. The maximum atomic E-state index is 12.6. The predicted octanol–water partition coefficient (Wildman–Crippen LogP) is 2.39. The van der Waals surface area contributed by atoms with E-state index >= 15 is 0 Å². The van der Waals surface area contributed by atoms with Crippen LogP contribution in [0.1, 0.15) is 12.8 Å². The molecule has 1 aromatic rings. The summed E-state index contributed by atoms with van der Waals surface area (Å²) < 4.78 is 0. The van der Waals surface area contributed by atoms with Gasteiger partial charge >= 0.3 is 0 Å². The Morgan fingerprint density at radius 3 is 1.84 bits per heavy atom. The lowest BCUT2D eigenvalue weighted by molar-refractivity contribution is -0.124. The van der Waals surface area contributed by atoms with E-state index in [1.165, 1.54) is 4.90 Å². The Kier molecular flexibility index (Phi) is 2.19. The van der Waals surface area contributed by atoms with Crippen molar-refractivity contribution in [2.75, 3.05) is 4.90 Å². The van der Waals surface area contributed by atoms with Crippen LogP contribution in [0.15, 0.2) is 42.5 Å². The largest absolute Gasteiger partial charge is 0.274 e. The molecule has 3 nitrogen and oxygen atoms in total. The van der Waals surface area contributed by atoms with Gasteiger partial charge in [0, 0.05) is 0 Å². The summed E-state index contributed by atoms with van der Waals surface area (Å²) in [6, 6.07) is 9.30. The summed E-state index contributed by atoms with van der Waals surface area (Å²) in [6.07, 6.45) is 6.39. The van der Waals surface area contributed by atoms with Crippen molar-refractivity contribution < 1.29 is 9.59 Å². The van der Waals surface area contributed by atoms with Crippen molar-refractivity contribution in [3.63, 3.8) is 0 Å². The van der Waals surface area contributed by atoms with Gasteiger partial charge in [0.15, 0.2) is 0 Å². The first-order valence-corrected chi connectivity index (χ1v) is 6.88. The fraction of sp³-hybridized carbons (Fsp3) is 0.375. The minimum atomic E-state index is -0.114. The maximum Gasteiger partial charge on any atom is 0.238 e. The highest BCUT2D eigenvalue weighted by atomic mass is 16.2. The lowest BCUT2D eigenvalue weighted by Gasteiger charge is -2.38. The molecule has 1 aromatic carbocycles. The number of allylic oxidation sites excluding steroid dienone is 2. The maximum absolute atomic E-state index is 12.6. The van der Waals surface area contributed by atoms with Crippen molar-refractivity contribution in [3.05, 3.63) is 42.5 Å². The van der Waals surface area contributed by atoms with Crippen LogP contribution in [0.3, 0.4) is 0 Å². The summed E-state index contributed by atoms with van der Waals surface area (Å²) in [5.74, 6) is 0.300. The van der Waals surface area contributed by atoms with E-state index < -0.39 is 0 Å². The van der Waals surface area contributed by atoms with Gasteiger partial charge < -0.3 is 0 Å². The quantitative estimate of drug-likeness (QED) is 0.569. The zero-order chi connectivity index (χ0) is 13.0. The number of benzene rings is 1. The molecule has 1 heterocycles. The van der Waals surface area contributed by atoms with Gasteiger partial charge in [0.05, 0.1) is 17.5 Å². The highest BCUT2D eigenvalue weighted by Crippen LogP contribution is 2.50. The van der Waals surface area contributed by atoms with E-state index in [4.69, 9.17) is 0 Å². The smallest absolute Gasteiger partial charge is 0.238 e. The number of amides is 2. The number of para-hydroxylation sites is 1. The monoisotopic (exact) mass is 253 g/mol. The number of hydrogen-bond donors (Lipinski definition) is 0. The van der Waals surface area contributed by atoms with Crippen LogP contribution in [0.4, 0.5) is 5.69 Å². The summed E-state index contributed by atoms with van der Waals surface area (Å²) in [5.41, 5.74) is 0.714. The van der Waals surface area contributed by atoms with E-state index in [-0.39, 0.29) is 35.5 Å². The van der Waals surface area contributed by atoms with Gasteiger partial charge in [-0.15, -0.1) is 0 Å². The third-order valence-electron chi connectivity index (χ3n) is 4.77. The Hall–Kier alpha value is -1.90. The molecule has 4 atom stereocenters. The first-order valence-electron chi connectivity index (χ1n) is 6.88. The number of hydrogen-bond acceptors (Lipinski definition) is 2. The third kappa shape index (κ3) is 1.38. The van der Waals surface area contributed by atoms with Crippen LogP contribution in [0.2, 0.25) is 0 Å². The summed E-state index contributed by atoms with van der Waals surface area (Å²) in [7, 11) is 0. The van der Waals surface area contributed by atoms with Crippen molar-refractivity contribution in [2.24, 2.45) is 23.7 Å². The van der Waals surface area contributed by atoms with Crippen LogP contribution < -0.4 is 4.90 Å². The fourth-order valence-electron chi connectivity index (χ4n) is 3.91. The Bertz CT molecular complexity index is 546. The Balaban J connectivity index is 1.78. The predicted molar refractivity (Wildman–Crippen MR) is 71.3 cm³/mol. The molecule has 0 radical (unpaired) electrons. The van der Waals surface area contributed by atoms with Crippen LogP contribution in [0, 0.1) is 23.7 Å². The van der Waals surface area contributed by atoms with E-state index in [9.17, 15) is 9.59 Å². The Labute approximate surface area is 111 Å². The van der Waals surface area contributed by atoms with E-state index in [0.717, 1.165) is 12.8 Å². The second-order valence-electron chi connectivity index (χ2n) is 5.69. The molecular formula is C16H15NO2. The van der Waals surface area contributed by atoms with Crippen LogP contribution >= 0.6 is 0 Å². The fourth-order valence-corrected chi connectivity index (χ4v) is 3.91. The summed E-state index contributed by atoms with van der Waals surface area (Å²) in [5, 5.41) is 0. The normalized spacial score (nSPS) is 35.9. The molecule has 2 fully saturated rings. The molecule has 2 bridgehead atoms. The van der Waals surface area contributed by atoms with Crippen molar-refractivity contribution in [2.45, 2.75) is 12.8 Å². The van der Waals surface area contributed by atoms with Crippen molar-refractivity contribution in [1.29, 1.82) is 0 Å². The number of carbonyl (C=O) groups excluding carboxylic acids is 2. The van der Waals surface area contributed by atoms with E-state index in [1.54, 1.807) is 0 Å². The minimum Gasteiger partial charge on any atom is -0.274 e.